The van der Waals surface area contributed by atoms with Crippen LogP contribution in [0, 0.1) is 0 Å². The molecule has 0 fully saturated rings. The van der Waals surface area contributed by atoms with Crippen LogP contribution in [0.1, 0.15) is 10.8 Å². The van der Waals surface area contributed by atoms with Crippen LogP contribution in [0.3, 0.4) is 0 Å². The second-order valence-corrected chi connectivity index (χ2v) is 6.30. The van der Waals surface area contributed by atoms with Crippen LogP contribution < -0.4 is 10.5 Å². The highest BCUT2D eigenvalue weighted by molar-refractivity contribution is 8.00. The Balaban J connectivity index is 1.84. The molecule has 0 aliphatic carbocycles. The second-order valence-electron chi connectivity index (χ2n) is 5.23. The number of amides is 1. The summed E-state index contributed by atoms with van der Waals surface area (Å²) in [7, 11) is 0. The smallest absolute Gasteiger partial charge is 0.406 e. The molecule has 140 valence electrons. The molecule has 11 heteroatoms. The largest absolute Gasteiger partial charge is 0.573 e. The molecule has 7 nitrogen and oxygen atoms in total. The van der Waals surface area contributed by atoms with Gasteiger partial charge in [0.05, 0.1) is 5.69 Å². The van der Waals surface area contributed by atoms with Gasteiger partial charge in [-0.1, -0.05) is 42.1 Å². The van der Waals surface area contributed by atoms with E-state index in [1.165, 1.54) is 16.8 Å². The predicted octanol–water partition coefficient (Wildman–Crippen LogP) is 2.88. The van der Waals surface area contributed by atoms with Crippen molar-refractivity contribution in [3.05, 3.63) is 60.2 Å². The van der Waals surface area contributed by atoms with Crippen molar-refractivity contribution < 1.29 is 22.7 Å². The highest BCUT2D eigenvalue weighted by Crippen LogP contribution is 2.34. The molecule has 1 atom stereocenters. The molecule has 1 unspecified atom stereocenters. The summed E-state index contributed by atoms with van der Waals surface area (Å²) in [5.41, 5.74) is 6.57. The lowest BCUT2D eigenvalue weighted by molar-refractivity contribution is -0.274. The number of aromatic nitrogens is 4. The van der Waals surface area contributed by atoms with Crippen LogP contribution in [0.15, 0.2) is 59.8 Å². The van der Waals surface area contributed by atoms with E-state index in [-0.39, 0.29) is 10.9 Å². The lowest BCUT2D eigenvalue weighted by atomic mass is 10.1. The van der Waals surface area contributed by atoms with Gasteiger partial charge in [0, 0.05) is 0 Å². The van der Waals surface area contributed by atoms with Gasteiger partial charge in [0.15, 0.2) is 0 Å². The van der Waals surface area contributed by atoms with Crippen LogP contribution in [0.4, 0.5) is 13.2 Å². The van der Waals surface area contributed by atoms with Gasteiger partial charge in [-0.05, 0) is 40.3 Å². The summed E-state index contributed by atoms with van der Waals surface area (Å²) in [6, 6.07) is 13.9. The Morgan fingerprint density at radius 1 is 1.11 bits per heavy atom. The quantitative estimate of drug-likeness (QED) is 0.645. The highest BCUT2D eigenvalue weighted by atomic mass is 32.2. The van der Waals surface area contributed by atoms with Crippen LogP contribution in [-0.2, 0) is 4.79 Å². The Hall–Kier alpha value is -3.08. The zero-order valence-electron chi connectivity index (χ0n) is 13.5. The standard InChI is InChI=1S/C16H12F3N5O2S/c17-16(18,19)26-12-8-6-11(7-9-12)24-15(21-22-23-24)27-13(14(20)25)10-4-2-1-3-5-10/h1-9,13H,(H2,20,25). The number of thioether (sulfide) groups is 1. The van der Waals surface area contributed by atoms with Crippen molar-refractivity contribution in [3.8, 4) is 11.4 Å². The Kier molecular flexibility index (Phi) is 5.31. The summed E-state index contributed by atoms with van der Waals surface area (Å²) in [5.74, 6) is -0.942. The molecule has 27 heavy (non-hydrogen) atoms. The van der Waals surface area contributed by atoms with Crippen molar-refractivity contribution in [1.82, 2.24) is 20.2 Å². The molecule has 2 N–H and O–H groups in total. The number of halogens is 3. The molecule has 3 rings (SSSR count). The van der Waals surface area contributed by atoms with E-state index in [4.69, 9.17) is 5.73 Å². The second kappa shape index (κ2) is 7.66. The first-order valence-electron chi connectivity index (χ1n) is 7.49. The van der Waals surface area contributed by atoms with E-state index < -0.39 is 17.5 Å². The maximum absolute atomic E-state index is 12.3. The number of tetrazole rings is 1. The number of primary amides is 1. The fraction of sp³-hybridized carbons (Fsp3) is 0.125. The minimum Gasteiger partial charge on any atom is -0.406 e. The minimum absolute atomic E-state index is 0.257. The Bertz CT molecular complexity index is 916. The molecule has 0 radical (unpaired) electrons. The van der Waals surface area contributed by atoms with E-state index in [0.29, 0.717) is 11.3 Å². The summed E-state index contributed by atoms with van der Waals surface area (Å²) < 4.78 is 41.9. The number of nitrogens with zero attached hydrogens (tertiary/aromatic N) is 4. The zero-order chi connectivity index (χ0) is 19.4. The Morgan fingerprint density at radius 3 is 2.37 bits per heavy atom. The van der Waals surface area contributed by atoms with Crippen LogP contribution in [-0.4, -0.2) is 32.5 Å². The average Bonchev–Trinajstić information content (AvgIpc) is 3.08. The highest BCUT2D eigenvalue weighted by Gasteiger charge is 2.31. The summed E-state index contributed by atoms with van der Waals surface area (Å²) >= 11 is 1.03. The molecule has 3 aromatic rings. The number of ether oxygens (including phenoxy) is 1. The molecule has 0 spiro atoms. The molecule has 0 bridgehead atoms. The number of hydrogen-bond donors (Lipinski definition) is 1. The Morgan fingerprint density at radius 2 is 1.78 bits per heavy atom. The number of alkyl halides is 3. The van der Waals surface area contributed by atoms with Gasteiger partial charge in [-0.15, -0.1) is 18.3 Å². The molecular formula is C16H12F3N5O2S. The molecular weight excluding hydrogens is 383 g/mol. The van der Waals surface area contributed by atoms with Gasteiger partial charge in [-0.25, -0.2) is 0 Å². The predicted molar refractivity (Wildman–Crippen MR) is 90.1 cm³/mol. The summed E-state index contributed by atoms with van der Waals surface area (Å²) in [5, 5.41) is 10.8. The first kappa shape index (κ1) is 18.7. The fourth-order valence-electron chi connectivity index (χ4n) is 2.23. The number of hydrogen-bond acceptors (Lipinski definition) is 6. The number of rotatable bonds is 6. The fourth-order valence-corrected chi connectivity index (χ4v) is 3.17. The maximum atomic E-state index is 12.3. The van der Waals surface area contributed by atoms with Crippen LogP contribution in [0.5, 0.6) is 5.75 Å². The first-order chi connectivity index (χ1) is 12.8. The van der Waals surface area contributed by atoms with E-state index in [0.717, 1.165) is 23.9 Å². The molecule has 1 heterocycles. The molecule has 0 saturated heterocycles. The van der Waals surface area contributed by atoms with Gasteiger partial charge < -0.3 is 10.5 Å². The third kappa shape index (κ3) is 4.76. The van der Waals surface area contributed by atoms with Gasteiger partial charge >= 0.3 is 6.36 Å². The lowest BCUT2D eigenvalue weighted by Crippen LogP contribution is -2.19. The van der Waals surface area contributed by atoms with Gasteiger partial charge in [0.1, 0.15) is 11.0 Å². The zero-order valence-corrected chi connectivity index (χ0v) is 14.3. The third-order valence-corrected chi connectivity index (χ3v) is 4.55. The van der Waals surface area contributed by atoms with Crippen LogP contribution in [0.2, 0.25) is 0 Å². The van der Waals surface area contributed by atoms with Crippen molar-refractivity contribution in [2.45, 2.75) is 16.8 Å². The number of benzene rings is 2. The molecule has 2 aromatic carbocycles. The molecule has 0 saturated carbocycles. The van der Waals surface area contributed by atoms with Crippen molar-refractivity contribution in [3.63, 3.8) is 0 Å². The van der Waals surface area contributed by atoms with Crippen LogP contribution in [0.25, 0.3) is 5.69 Å². The molecule has 0 aliphatic heterocycles. The SMILES string of the molecule is NC(=O)C(Sc1nnnn1-c1ccc(OC(F)(F)F)cc1)c1ccccc1. The van der Waals surface area contributed by atoms with E-state index in [1.807, 2.05) is 0 Å². The average molecular weight is 395 g/mol. The van der Waals surface area contributed by atoms with Crippen molar-refractivity contribution in [2.24, 2.45) is 5.73 Å². The Labute approximate surface area is 155 Å². The summed E-state index contributed by atoms with van der Waals surface area (Å²) in [4.78, 5) is 11.9. The molecule has 1 amide bonds. The van der Waals surface area contributed by atoms with Gasteiger partial charge in [-0.2, -0.15) is 4.68 Å². The van der Waals surface area contributed by atoms with Gasteiger partial charge in [0.25, 0.3) is 0 Å². The normalized spacial score (nSPS) is 12.6. The third-order valence-electron chi connectivity index (χ3n) is 3.34. The monoisotopic (exact) mass is 395 g/mol. The van der Waals surface area contributed by atoms with Crippen molar-refractivity contribution in [2.75, 3.05) is 0 Å². The lowest BCUT2D eigenvalue weighted by Gasteiger charge is -2.13. The van der Waals surface area contributed by atoms with Gasteiger partial charge in [0.2, 0.25) is 11.1 Å². The molecule has 1 aromatic heterocycles. The number of nitrogens with two attached hydrogens (primary N) is 1. The first-order valence-corrected chi connectivity index (χ1v) is 8.37. The molecule has 0 aliphatic rings. The van der Waals surface area contributed by atoms with Gasteiger partial charge in [-0.3, -0.25) is 4.79 Å². The maximum Gasteiger partial charge on any atom is 0.573 e. The summed E-state index contributed by atoms with van der Waals surface area (Å²) in [6.07, 6.45) is -4.78. The van der Waals surface area contributed by atoms with Crippen molar-refractivity contribution >= 4 is 17.7 Å². The van der Waals surface area contributed by atoms with Crippen molar-refractivity contribution in [1.29, 1.82) is 0 Å². The van der Waals surface area contributed by atoms with E-state index in [2.05, 4.69) is 20.3 Å². The number of carbonyl (C=O) groups excluding carboxylic acids is 1. The van der Waals surface area contributed by atoms with Crippen LogP contribution >= 0.6 is 11.8 Å². The van der Waals surface area contributed by atoms with E-state index >= 15 is 0 Å². The number of carbonyl (C=O) groups is 1. The van der Waals surface area contributed by atoms with E-state index in [1.54, 1.807) is 30.3 Å². The van der Waals surface area contributed by atoms with E-state index in [9.17, 15) is 18.0 Å². The summed E-state index contributed by atoms with van der Waals surface area (Å²) in [6.45, 7) is 0. The topological polar surface area (TPSA) is 95.9 Å². The minimum atomic E-state index is -4.78.